The van der Waals surface area contributed by atoms with E-state index in [9.17, 15) is 14.0 Å². The summed E-state index contributed by atoms with van der Waals surface area (Å²) in [4.78, 5) is 27.2. The first-order chi connectivity index (χ1) is 8.45. The lowest BCUT2D eigenvalue weighted by molar-refractivity contribution is 0.159. The van der Waals surface area contributed by atoms with E-state index in [1.165, 1.54) is 4.57 Å². The lowest BCUT2D eigenvalue weighted by Gasteiger charge is -2.06. The summed E-state index contributed by atoms with van der Waals surface area (Å²) in [6.45, 7) is 0.337. The van der Waals surface area contributed by atoms with E-state index in [0.29, 0.717) is 10.4 Å². The monoisotopic (exact) mass is 257 g/mol. The average molecular weight is 257 g/mol. The molecule has 0 spiro atoms. The third-order valence-electron chi connectivity index (χ3n) is 2.64. The molecule has 18 heavy (non-hydrogen) atoms. The van der Waals surface area contributed by atoms with E-state index >= 15 is 0 Å². The topological polar surface area (TPSA) is 94.4 Å². The predicted molar refractivity (Wildman–Crippen MR) is 59.2 cm³/mol. The minimum absolute atomic E-state index is 0.0955. The van der Waals surface area contributed by atoms with Crippen LogP contribution in [0.25, 0.3) is 5.78 Å². The van der Waals surface area contributed by atoms with Crippen LogP contribution in [0.15, 0.2) is 9.59 Å². The Labute approximate surface area is 99.9 Å². The summed E-state index contributed by atoms with van der Waals surface area (Å²) in [5.41, 5.74) is -1.64. The van der Waals surface area contributed by atoms with Crippen LogP contribution in [0.4, 0.5) is 4.39 Å². The largest absolute Gasteiger partial charge is 0.393 e. The van der Waals surface area contributed by atoms with E-state index < -0.39 is 30.7 Å². The zero-order valence-corrected chi connectivity index (χ0v) is 9.87. The first kappa shape index (κ1) is 12.4. The maximum atomic E-state index is 13.1. The first-order valence-corrected chi connectivity index (χ1v) is 5.24. The van der Waals surface area contributed by atoms with Crippen LogP contribution in [0.1, 0.15) is 5.82 Å². The van der Waals surface area contributed by atoms with Gasteiger partial charge in [0.1, 0.15) is 12.0 Å². The lowest BCUT2D eigenvalue weighted by Crippen LogP contribution is -2.42. The summed E-state index contributed by atoms with van der Waals surface area (Å²) < 4.78 is 16.1. The Morgan fingerprint density at radius 2 is 2.11 bits per heavy atom. The van der Waals surface area contributed by atoms with E-state index in [4.69, 9.17) is 5.11 Å². The predicted octanol–water partition coefficient (Wildman–Crippen LogP) is -1.77. The van der Waals surface area contributed by atoms with Gasteiger partial charge in [0.25, 0.3) is 0 Å². The molecule has 9 heteroatoms. The fourth-order valence-corrected chi connectivity index (χ4v) is 1.55. The second-order valence-electron chi connectivity index (χ2n) is 3.89. The van der Waals surface area contributed by atoms with Crippen LogP contribution in [0.3, 0.4) is 0 Å². The van der Waals surface area contributed by atoms with Crippen molar-refractivity contribution in [2.24, 2.45) is 7.05 Å². The smallest absolute Gasteiger partial charge is 0.356 e. The molecular weight excluding hydrogens is 245 g/mol. The SMILES string of the molecule is Cc1nn2c(=O)n(C[C@H](F)CO)c(=O)nc2n1C. The number of hydrogen-bond acceptors (Lipinski definition) is 5. The molecule has 0 amide bonds. The number of nitrogens with zero attached hydrogens (tertiary/aromatic N) is 5. The van der Waals surface area contributed by atoms with Gasteiger partial charge in [-0.15, -0.1) is 9.61 Å². The summed E-state index contributed by atoms with van der Waals surface area (Å²) >= 11 is 0. The van der Waals surface area contributed by atoms with Gasteiger partial charge in [-0.3, -0.25) is 4.57 Å². The Balaban J connectivity index is 2.70. The van der Waals surface area contributed by atoms with Crippen LogP contribution in [0.5, 0.6) is 0 Å². The molecule has 98 valence electrons. The number of fused-ring (bicyclic) bond motifs is 1. The molecule has 0 saturated carbocycles. The molecule has 2 aromatic rings. The molecule has 0 saturated heterocycles. The van der Waals surface area contributed by atoms with E-state index in [-0.39, 0.29) is 5.78 Å². The lowest BCUT2D eigenvalue weighted by atomic mass is 10.4. The van der Waals surface area contributed by atoms with Crippen molar-refractivity contribution in [2.75, 3.05) is 6.61 Å². The maximum absolute atomic E-state index is 13.1. The number of halogens is 1. The van der Waals surface area contributed by atoms with E-state index in [2.05, 4.69) is 10.1 Å². The molecule has 0 bridgehead atoms. The molecule has 0 aliphatic rings. The summed E-state index contributed by atoms with van der Waals surface area (Å²) in [5, 5.41) is 12.5. The van der Waals surface area contributed by atoms with Crippen molar-refractivity contribution in [3.8, 4) is 0 Å². The Morgan fingerprint density at radius 3 is 2.72 bits per heavy atom. The van der Waals surface area contributed by atoms with E-state index in [1.807, 2.05) is 0 Å². The van der Waals surface area contributed by atoms with Crippen LogP contribution < -0.4 is 11.4 Å². The van der Waals surface area contributed by atoms with Crippen molar-refractivity contribution in [3.63, 3.8) is 0 Å². The van der Waals surface area contributed by atoms with Crippen molar-refractivity contribution >= 4 is 5.78 Å². The molecule has 0 aromatic carbocycles. The Morgan fingerprint density at radius 1 is 1.44 bits per heavy atom. The molecule has 0 radical (unpaired) electrons. The van der Waals surface area contributed by atoms with Crippen molar-refractivity contribution in [1.29, 1.82) is 0 Å². The van der Waals surface area contributed by atoms with Gasteiger partial charge in [0.05, 0.1) is 13.2 Å². The number of alkyl halides is 1. The summed E-state index contributed by atoms with van der Waals surface area (Å²) in [6.07, 6.45) is -1.69. The first-order valence-electron chi connectivity index (χ1n) is 5.24. The molecule has 8 nitrogen and oxygen atoms in total. The van der Waals surface area contributed by atoms with E-state index in [1.54, 1.807) is 14.0 Å². The molecule has 0 aliphatic carbocycles. The van der Waals surface area contributed by atoms with Crippen molar-refractivity contribution < 1.29 is 9.50 Å². The number of rotatable bonds is 3. The van der Waals surface area contributed by atoms with Gasteiger partial charge in [-0.2, -0.15) is 4.98 Å². The highest BCUT2D eigenvalue weighted by Gasteiger charge is 2.16. The highest BCUT2D eigenvalue weighted by molar-refractivity contribution is 5.26. The molecular formula is C9H12FN5O3. The minimum Gasteiger partial charge on any atom is -0.393 e. The van der Waals surface area contributed by atoms with Crippen LogP contribution in [0, 0.1) is 6.92 Å². The normalized spacial score (nSPS) is 13.1. The number of aliphatic hydroxyl groups excluding tert-OH is 1. The van der Waals surface area contributed by atoms with Gasteiger partial charge in [0.15, 0.2) is 0 Å². The fourth-order valence-electron chi connectivity index (χ4n) is 1.55. The molecule has 0 unspecified atom stereocenters. The van der Waals surface area contributed by atoms with Crippen molar-refractivity contribution in [2.45, 2.75) is 19.6 Å². The number of hydrogen-bond donors (Lipinski definition) is 1. The Kier molecular flexibility index (Phi) is 2.99. The maximum Gasteiger partial charge on any atom is 0.356 e. The quantitative estimate of drug-likeness (QED) is 0.702. The molecule has 2 heterocycles. The molecule has 2 rings (SSSR count). The van der Waals surface area contributed by atoms with Crippen LogP contribution in [-0.2, 0) is 13.6 Å². The average Bonchev–Trinajstić information content (AvgIpc) is 2.62. The standard InChI is InChI=1S/C9H12FN5O3/c1-5-12-15-7(13(5)2)11-8(17)14(9(15)18)3-6(10)4-16/h6,16H,3-4H2,1-2H3/t6-/m0/s1. The van der Waals surface area contributed by atoms with Gasteiger partial charge in [-0.1, -0.05) is 0 Å². The molecule has 1 atom stereocenters. The fraction of sp³-hybridized carbons (Fsp3) is 0.556. The summed E-state index contributed by atoms with van der Waals surface area (Å²) in [6, 6.07) is 0. The zero-order chi connectivity index (χ0) is 13.4. The second-order valence-corrected chi connectivity index (χ2v) is 3.89. The molecule has 0 fully saturated rings. The van der Waals surface area contributed by atoms with Crippen LogP contribution in [0.2, 0.25) is 0 Å². The van der Waals surface area contributed by atoms with E-state index in [0.717, 1.165) is 4.52 Å². The number of aliphatic hydroxyl groups is 1. The van der Waals surface area contributed by atoms with Crippen molar-refractivity contribution in [3.05, 3.63) is 26.8 Å². The highest BCUT2D eigenvalue weighted by Crippen LogP contribution is 1.97. The summed E-state index contributed by atoms with van der Waals surface area (Å²) in [5.74, 6) is 0.592. The highest BCUT2D eigenvalue weighted by atomic mass is 19.1. The van der Waals surface area contributed by atoms with Crippen molar-refractivity contribution in [1.82, 2.24) is 23.7 Å². The van der Waals surface area contributed by atoms with Gasteiger partial charge >= 0.3 is 11.4 Å². The van der Waals surface area contributed by atoms with Gasteiger partial charge < -0.3 is 5.11 Å². The van der Waals surface area contributed by atoms with Gasteiger partial charge in [-0.05, 0) is 6.92 Å². The van der Waals surface area contributed by atoms with Gasteiger partial charge in [0.2, 0.25) is 5.78 Å². The number of aryl methyl sites for hydroxylation is 2. The molecule has 0 aliphatic heterocycles. The second kappa shape index (κ2) is 4.33. The Hall–Kier alpha value is -2.03. The van der Waals surface area contributed by atoms with Gasteiger partial charge in [0, 0.05) is 7.05 Å². The summed E-state index contributed by atoms with van der Waals surface area (Å²) in [7, 11) is 1.61. The Bertz CT molecular complexity index is 701. The number of aromatic nitrogens is 5. The van der Waals surface area contributed by atoms with Crippen LogP contribution >= 0.6 is 0 Å². The molecule has 1 N–H and O–H groups in total. The molecule has 2 aromatic heterocycles. The third kappa shape index (κ3) is 1.82. The minimum atomic E-state index is -1.69. The zero-order valence-electron chi connectivity index (χ0n) is 9.87. The third-order valence-corrected chi connectivity index (χ3v) is 2.64. The van der Waals surface area contributed by atoms with Gasteiger partial charge in [-0.25, -0.2) is 18.5 Å². The van der Waals surface area contributed by atoms with Crippen LogP contribution in [-0.4, -0.2) is 41.6 Å².